The van der Waals surface area contributed by atoms with Gasteiger partial charge in [-0.3, -0.25) is 0 Å². The van der Waals surface area contributed by atoms with Crippen molar-refractivity contribution in [3.63, 3.8) is 0 Å². The van der Waals surface area contributed by atoms with Crippen LogP contribution in [-0.4, -0.2) is 18.6 Å². The van der Waals surface area contributed by atoms with Crippen LogP contribution in [0.3, 0.4) is 0 Å². The Balaban J connectivity index is 2.61. The lowest BCUT2D eigenvalue weighted by Crippen LogP contribution is -2.11. The first-order chi connectivity index (χ1) is 5.20. The summed E-state index contributed by atoms with van der Waals surface area (Å²) in [5, 5.41) is 0. The van der Waals surface area contributed by atoms with Crippen molar-refractivity contribution in [3.05, 3.63) is 0 Å². The second-order valence-corrected chi connectivity index (χ2v) is 8.81. The fourth-order valence-electron chi connectivity index (χ4n) is 1.40. The van der Waals surface area contributed by atoms with Crippen LogP contribution in [0.2, 0.25) is 0 Å². The molecule has 1 aliphatic heterocycles. The molecule has 1 heterocycles. The average Bonchev–Trinajstić information content (AvgIpc) is 2.05. The molecule has 3 heteroatoms. The minimum absolute atomic E-state index is 0.280. The van der Waals surface area contributed by atoms with Crippen molar-refractivity contribution in [2.24, 2.45) is 5.92 Å². The smallest absolute Gasteiger partial charge is 0.140 e. The largest absolute Gasteiger partial charge is 0.312 e. The first-order valence-corrected chi connectivity index (χ1v) is 7.71. The molecule has 2 unspecified atom stereocenters. The van der Waals surface area contributed by atoms with Crippen LogP contribution in [0, 0.1) is 18.3 Å². The molecular formula is C8H13OPS. The zero-order valence-electron chi connectivity index (χ0n) is 6.75. The zero-order chi connectivity index (χ0) is 8.32. The predicted molar refractivity (Wildman–Crippen MR) is 52.4 cm³/mol. The predicted octanol–water partition coefficient (Wildman–Crippen LogP) is 2.67. The molecule has 1 saturated heterocycles. The van der Waals surface area contributed by atoms with Crippen molar-refractivity contribution in [3.8, 4) is 12.3 Å². The van der Waals surface area contributed by atoms with Gasteiger partial charge in [-0.05, 0) is 19.1 Å². The highest BCUT2D eigenvalue weighted by Gasteiger charge is 2.28. The second-order valence-electron chi connectivity index (χ2n) is 2.91. The van der Waals surface area contributed by atoms with E-state index in [4.69, 9.17) is 6.42 Å². The Morgan fingerprint density at radius 1 is 1.73 bits per heavy atom. The van der Waals surface area contributed by atoms with E-state index in [2.05, 4.69) is 5.92 Å². The molecule has 0 N–H and O–H groups in total. The molecule has 0 aromatic rings. The van der Waals surface area contributed by atoms with E-state index in [9.17, 15) is 4.57 Å². The Morgan fingerprint density at radius 3 is 3.00 bits per heavy atom. The van der Waals surface area contributed by atoms with Crippen molar-refractivity contribution in [2.75, 3.05) is 18.6 Å². The first-order valence-electron chi connectivity index (χ1n) is 3.80. The molecule has 0 saturated carbocycles. The maximum Gasteiger partial charge on any atom is 0.140 e. The summed E-state index contributed by atoms with van der Waals surface area (Å²) in [7, 11) is 0. The van der Waals surface area contributed by atoms with Crippen LogP contribution in [-0.2, 0) is 4.57 Å². The van der Waals surface area contributed by atoms with E-state index < -0.39 is 6.34 Å². The van der Waals surface area contributed by atoms with E-state index in [0.717, 1.165) is 25.2 Å². The van der Waals surface area contributed by atoms with Crippen molar-refractivity contribution in [1.29, 1.82) is 0 Å². The lowest BCUT2D eigenvalue weighted by Gasteiger charge is -2.24. The maximum atomic E-state index is 11.8. The van der Waals surface area contributed by atoms with Crippen LogP contribution in [0.25, 0.3) is 0 Å². The summed E-state index contributed by atoms with van der Waals surface area (Å²) in [6.07, 6.45) is 9.12. The van der Waals surface area contributed by atoms with Gasteiger partial charge in [-0.2, -0.15) is 0 Å². The monoisotopic (exact) mass is 188 g/mol. The van der Waals surface area contributed by atoms with Crippen LogP contribution >= 0.6 is 17.7 Å². The molecule has 0 aliphatic carbocycles. The van der Waals surface area contributed by atoms with Gasteiger partial charge in [-0.25, -0.2) is 0 Å². The van der Waals surface area contributed by atoms with Gasteiger partial charge in [0.15, 0.2) is 0 Å². The fourth-order valence-corrected chi connectivity index (χ4v) is 5.46. The number of rotatable bonds is 1. The standard InChI is InChI=1S/C8H13OPS/c1-3-8-5-4-6-10(9,7-8)11-2/h1,8H,4-7H2,2H3. The molecule has 62 valence electrons. The van der Waals surface area contributed by atoms with Crippen LogP contribution in [0.15, 0.2) is 0 Å². The normalized spacial score (nSPS) is 38.0. The molecule has 11 heavy (non-hydrogen) atoms. The van der Waals surface area contributed by atoms with Gasteiger partial charge >= 0.3 is 0 Å². The number of hydrogen-bond acceptors (Lipinski definition) is 2. The van der Waals surface area contributed by atoms with Crippen LogP contribution < -0.4 is 0 Å². The molecular weight excluding hydrogens is 175 g/mol. The molecule has 1 nitrogen and oxygen atoms in total. The highest BCUT2D eigenvalue weighted by molar-refractivity contribution is 8.57. The molecule has 0 aromatic heterocycles. The Hall–Kier alpha value is 0.140. The molecule has 0 aromatic carbocycles. The van der Waals surface area contributed by atoms with Gasteiger partial charge in [0.25, 0.3) is 0 Å². The SMILES string of the molecule is C#CC1CCCP(=O)(SC)C1. The summed E-state index contributed by atoms with van der Waals surface area (Å²) in [6.45, 7) is 0. The topological polar surface area (TPSA) is 17.1 Å². The van der Waals surface area contributed by atoms with Gasteiger partial charge in [0.05, 0.1) is 0 Å². The Morgan fingerprint density at radius 2 is 2.45 bits per heavy atom. The van der Waals surface area contributed by atoms with Gasteiger partial charge in [-0.15, -0.1) is 12.3 Å². The highest BCUT2D eigenvalue weighted by Crippen LogP contribution is 2.61. The van der Waals surface area contributed by atoms with Crippen LogP contribution in [0.5, 0.6) is 0 Å². The van der Waals surface area contributed by atoms with E-state index >= 15 is 0 Å². The Labute approximate surface area is 72.4 Å². The lowest BCUT2D eigenvalue weighted by molar-refractivity contribution is 0.552. The molecule has 0 spiro atoms. The molecule has 0 radical (unpaired) electrons. The van der Waals surface area contributed by atoms with E-state index in [1.54, 1.807) is 0 Å². The Bertz CT molecular complexity index is 219. The van der Waals surface area contributed by atoms with Gasteiger partial charge in [-0.1, -0.05) is 11.4 Å². The summed E-state index contributed by atoms with van der Waals surface area (Å²) >= 11 is 1.53. The second kappa shape index (κ2) is 3.70. The van der Waals surface area contributed by atoms with Crippen molar-refractivity contribution in [2.45, 2.75) is 12.8 Å². The lowest BCUT2D eigenvalue weighted by atomic mass is 10.1. The molecule has 1 aliphatic rings. The Kier molecular flexibility index (Phi) is 3.10. The fraction of sp³-hybridized carbons (Fsp3) is 0.750. The summed E-state index contributed by atoms with van der Waals surface area (Å²) in [5.74, 6) is 2.99. The molecule has 1 fully saturated rings. The van der Waals surface area contributed by atoms with E-state index in [-0.39, 0.29) is 5.92 Å². The summed E-state index contributed by atoms with van der Waals surface area (Å²) in [6, 6.07) is 0. The van der Waals surface area contributed by atoms with Gasteiger partial charge in [0, 0.05) is 18.2 Å². The van der Waals surface area contributed by atoms with E-state index in [1.807, 2.05) is 6.26 Å². The third kappa shape index (κ3) is 2.29. The third-order valence-electron chi connectivity index (χ3n) is 2.12. The van der Waals surface area contributed by atoms with Gasteiger partial charge in [0.1, 0.15) is 6.34 Å². The number of terminal acetylenes is 1. The van der Waals surface area contributed by atoms with E-state index in [1.165, 1.54) is 11.4 Å². The molecule has 0 amide bonds. The first kappa shape index (κ1) is 9.23. The van der Waals surface area contributed by atoms with Crippen LogP contribution in [0.4, 0.5) is 0 Å². The van der Waals surface area contributed by atoms with Crippen molar-refractivity contribution >= 4 is 17.7 Å². The molecule has 1 rings (SSSR count). The van der Waals surface area contributed by atoms with Gasteiger partial charge in [0.2, 0.25) is 0 Å². The third-order valence-corrected chi connectivity index (χ3v) is 7.77. The summed E-state index contributed by atoms with van der Waals surface area (Å²) < 4.78 is 11.8. The van der Waals surface area contributed by atoms with E-state index in [0.29, 0.717) is 0 Å². The molecule has 2 atom stereocenters. The minimum Gasteiger partial charge on any atom is -0.312 e. The van der Waals surface area contributed by atoms with Gasteiger partial charge < -0.3 is 4.57 Å². The van der Waals surface area contributed by atoms with Crippen molar-refractivity contribution < 1.29 is 4.57 Å². The van der Waals surface area contributed by atoms with Crippen LogP contribution in [0.1, 0.15) is 12.8 Å². The average molecular weight is 188 g/mol. The molecule has 0 bridgehead atoms. The summed E-state index contributed by atoms with van der Waals surface area (Å²) in [4.78, 5) is 0. The summed E-state index contributed by atoms with van der Waals surface area (Å²) in [5.41, 5.74) is 0. The maximum absolute atomic E-state index is 11.8. The van der Waals surface area contributed by atoms with Crippen molar-refractivity contribution in [1.82, 2.24) is 0 Å². The zero-order valence-corrected chi connectivity index (χ0v) is 8.46. The minimum atomic E-state index is -1.89. The quantitative estimate of drug-likeness (QED) is 0.465. The highest BCUT2D eigenvalue weighted by atomic mass is 32.7. The number of hydrogen-bond donors (Lipinski definition) is 0.